The van der Waals surface area contributed by atoms with Crippen molar-refractivity contribution in [1.29, 1.82) is 0 Å². The number of hydrogen-bond acceptors (Lipinski definition) is 5. The van der Waals surface area contributed by atoms with E-state index in [-0.39, 0.29) is 18.6 Å². The molecule has 1 amide bonds. The van der Waals surface area contributed by atoms with Crippen LogP contribution in [0.4, 0.5) is 0 Å². The number of rotatable bonds is 7. The molecular formula is C25H29N3O3. The second-order valence-corrected chi connectivity index (χ2v) is 7.85. The van der Waals surface area contributed by atoms with E-state index in [0.717, 1.165) is 53.7 Å². The molecule has 0 bridgehead atoms. The fraction of sp³-hybridized carbons (Fsp3) is 0.360. The van der Waals surface area contributed by atoms with E-state index in [2.05, 4.69) is 10.2 Å². The number of ether oxygens (including phenoxy) is 1. The molecule has 0 aliphatic carbocycles. The molecule has 2 N–H and O–H groups in total. The lowest BCUT2D eigenvalue weighted by Gasteiger charge is -2.31. The van der Waals surface area contributed by atoms with Crippen molar-refractivity contribution in [1.82, 2.24) is 15.2 Å². The number of hydrogen-bond donors (Lipinski definition) is 2. The molecule has 1 aliphatic heterocycles. The number of nitrogens with one attached hydrogen (secondary N) is 1. The van der Waals surface area contributed by atoms with Crippen LogP contribution in [0.3, 0.4) is 0 Å². The van der Waals surface area contributed by atoms with Crippen LogP contribution in [-0.2, 0) is 0 Å². The molecule has 2 aromatic carbocycles. The van der Waals surface area contributed by atoms with Crippen molar-refractivity contribution in [2.24, 2.45) is 0 Å². The summed E-state index contributed by atoms with van der Waals surface area (Å²) in [5.74, 6) is 0.683. The average molecular weight is 420 g/mol. The highest BCUT2D eigenvalue weighted by atomic mass is 16.5. The lowest BCUT2D eigenvalue weighted by Crippen LogP contribution is -2.45. The Morgan fingerprint density at radius 2 is 1.90 bits per heavy atom. The number of pyridine rings is 1. The van der Waals surface area contributed by atoms with Gasteiger partial charge >= 0.3 is 0 Å². The number of nitrogens with zero attached hydrogens (tertiary/aromatic N) is 2. The summed E-state index contributed by atoms with van der Waals surface area (Å²) in [6, 6.07) is 17.8. The van der Waals surface area contributed by atoms with Crippen LogP contribution in [0.15, 0.2) is 54.6 Å². The van der Waals surface area contributed by atoms with Crippen molar-refractivity contribution < 1.29 is 14.6 Å². The Bertz CT molecular complexity index is 1030. The minimum absolute atomic E-state index is 0.122. The molecule has 1 saturated heterocycles. The SMILES string of the molecule is CCOc1ccc(-c2cc3ccccc3c(C(=O)NC3CCN(CCO)CC3)n2)cc1. The van der Waals surface area contributed by atoms with E-state index in [0.29, 0.717) is 18.8 Å². The number of β-amino-alcohol motifs (C(OH)–C–C–N with tert-alkyl or cyclic N) is 1. The fourth-order valence-electron chi connectivity index (χ4n) is 4.10. The number of aliphatic hydroxyl groups is 1. The Morgan fingerprint density at radius 3 is 2.61 bits per heavy atom. The number of aliphatic hydroxyl groups excluding tert-OH is 1. The van der Waals surface area contributed by atoms with Crippen LogP contribution in [0.25, 0.3) is 22.0 Å². The van der Waals surface area contributed by atoms with Crippen molar-refractivity contribution in [2.75, 3.05) is 32.8 Å². The van der Waals surface area contributed by atoms with Gasteiger partial charge in [0.05, 0.1) is 18.9 Å². The summed E-state index contributed by atoms with van der Waals surface area (Å²) in [6.07, 6.45) is 1.75. The highest BCUT2D eigenvalue weighted by Crippen LogP contribution is 2.27. The number of aromatic nitrogens is 1. The zero-order valence-electron chi connectivity index (χ0n) is 17.9. The van der Waals surface area contributed by atoms with Crippen LogP contribution in [-0.4, -0.2) is 59.8 Å². The standard InChI is InChI=1S/C25H29N3O3/c1-2-31-21-9-7-18(8-10-21)23-17-19-5-3-4-6-22(19)24(27-23)25(30)26-20-11-13-28(14-12-20)15-16-29/h3-10,17,20,29H,2,11-16H2,1H3,(H,26,30). The first-order valence-electron chi connectivity index (χ1n) is 10.9. The summed E-state index contributed by atoms with van der Waals surface area (Å²) in [5, 5.41) is 14.1. The maximum atomic E-state index is 13.2. The van der Waals surface area contributed by atoms with E-state index in [1.807, 2.05) is 61.5 Å². The Hall–Kier alpha value is -2.96. The van der Waals surface area contributed by atoms with Crippen LogP contribution in [0.2, 0.25) is 0 Å². The van der Waals surface area contributed by atoms with Crippen molar-refractivity contribution >= 4 is 16.7 Å². The molecule has 1 aromatic heterocycles. The number of benzene rings is 2. The van der Waals surface area contributed by atoms with Crippen molar-refractivity contribution in [3.8, 4) is 17.0 Å². The first kappa shape index (κ1) is 21.3. The maximum absolute atomic E-state index is 13.2. The largest absolute Gasteiger partial charge is 0.494 e. The van der Waals surface area contributed by atoms with E-state index in [4.69, 9.17) is 14.8 Å². The van der Waals surface area contributed by atoms with Gasteiger partial charge in [0.1, 0.15) is 11.4 Å². The molecule has 0 spiro atoms. The quantitative estimate of drug-likeness (QED) is 0.613. The summed E-state index contributed by atoms with van der Waals surface area (Å²) in [7, 11) is 0. The molecule has 4 rings (SSSR count). The number of amides is 1. The highest BCUT2D eigenvalue weighted by Gasteiger charge is 2.22. The summed E-state index contributed by atoms with van der Waals surface area (Å²) in [6.45, 7) is 5.21. The minimum atomic E-state index is -0.135. The molecule has 0 atom stereocenters. The fourth-order valence-corrected chi connectivity index (χ4v) is 4.10. The Labute approximate surface area is 182 Å². The van der Waals surface area contributed by atoms with E-state index < -0.39 is 0 Å². The third kappa shape index (κ3) is 5.03. The van der Waals surface area contributed by atoms with E-state index in [9.17, 15) is 4.79 Å². The Morgan fingerprint density at radius 1 is 1.16 bits per heavy atom. The summed E-state index contributed by atoms with van der Waals surface area (Å²) >= 11 is 0. The molecule has 6 heteroatoms. The number of likely N-dealkylation sites (tertiary alicyclic amines) is 1. The van der Waals surface area contributed by atoms with Gasteiger partial charge in [-0.15, -0.1) is 0 Å². The molecule has 2 heterocycles. The zero-order valence-corrected chi connectivity index (χ0v) is 17.9. The van der Waals surface area contributed by atoms with Crippen molar-refractivity contribution in [3.05, 3.63) is 60.3 Å². The molecule has 3 aromatic rings. The summed E-state index contributed by atoms with van der Waals surface area (Å²) in [5.41, 5.74) is 2.17. The van der Waals surface area contributed by atoms with Gasteiger partial charge in [-0.25, -0.2) is 4.98 Å². The predicted molar refractivity (Wildman–Crippen MR) is 122 cm³/mol. The van der Waals surface area contributed by atoms with Gasteiger partial charge in [-0.05, 0) is 55.5 Å². The van der Waals surface area contributed by atoms with Gasteiger partial charge in [-0.1, -0.05) is 24.3 Å². The molecule has 1 fully saturated rings. The Kier molecular flexibility index (Phi) is 6.79. The monoisotopic (exact) mass is 419 g/mol. The smallest absolute Gasteiger partial charge is 0.270 e. The van der Waals surface area contributed by atoms with Crippen molar-refractivity contribution in [3.63, 3.8) is 0 Å². The van der Waals surface area contributed by atoms with Gasteiger partial charge < -0.3 is 20.1 Å². The molecule has 0 saturated carbocycles. The number of carbonyl (C=O) groups is 1. The van der Waals surface area contributed by atoms with Crippen LogP contribution < -0.4 is 10.1 Å². The zero-order chi connectivity index (χ0) is 21.6. The van der Waals surface area contributed by atoms with Gasteiger partial charge in [0.15, 0.2) is 0 Å². The molecule has 162 valence electrons. The third-order valence-corrected chi connectivity index (χ3v) is 5.76. The molecular weight excluding hydrogens is 390 g/mol. The molecule has 0 unspecified atom stereocenters. The molecule has 31 heavy (non-hydrogen) atoms. The summed E-state index contributed by atoms with van der Waals surface area (Å²) < 4.78 is 5.53. The van der Waals surface area contributed by atoms with Gasteiger partial charge in [0.2, 0.25) is 0 Å². The predicted octanol–water partition coefficient (Wildman–Crippen LogP) is 3.49. The lowest BCUT2D eigenvalue weighted by molar-refractivity contribution is 0.0900. The van der Waals surface area contributed by atoms with Gasteiger partial charge in [0, 0.05) is 36.6 Å². The molecule has 0 radical (unpaired) electrons. The Balaban J connectivity index is 1.58. The molecule has 6 nitrogen and oxygen atoms in total. The van der Waals surface area contributed by atoms with Gasteiger partial charge in [0.25, 0.3) is 5.91 Å². The lowest BCUT2D eigenvalue weighted by atomic mass is 10.0. The van der Waals surface area contributed by atoms with Gasteiger partial charge in [-0.3, -0.25) is 4.79 Å². The van der Waals surface area contributed by atoms with E-state index >= 15 is 0 Å². The first-order valence-corrected chi connectivity index (χ1v) is 10.9. The number of fused-ring (bicyclic) bond motifs is 1. The van der Waals surface area contributed by atoms with E-state index in [1.165, 1.54) is 0 Å². The highest BCUT2D eigenvalue weighted by molar-refractivity contribution is 6.06. The van der Waals surface area contributed by atoms with Crippen molar-refractivity contribution in [2.45, 2.75) is 25.8 Å². The van der Waals surface area contributed by atoms with Gasteiger partial charge in [-0.2, -0.15) is 0 Å². The third-order valence-electron chi connectivity index (χ3n) is 5.76. The van der Waals surface area contributed by atoms with Crippen LogP contribution in [0.5, 0.6) is 5.75 Å². The first-order chi connectivity index (χ1) is 15.2. The van der Waals surface area contributed by atoms with Crippen LogP contribution in [0.1, 0.15) is 30.3 Å². The van der Waals surface area contributed by atoms with Crippen LogP contribution in [0, 0.1) is 0 Å². The average Bonchev–Trinajstić information content (AvgIpc) is 2.80. The number of carbonyl (C=O) groups excluding carboxylic acids is 1. The minimum Gasteiger partial charge on any atom is -0.494 e. The topological polar surface area (TPSA) is 74.7 Å². The number of piperidine rings is 1. The van der Waals surface area contributed by atoms with E-state index in [1.54, 1.807) is 0 Å². The second kappa shape index (κ2) is 9.90. The molecule has 1 aliphatic rings. The van der Waals surface area contributed by atoms with Crippen LogP contribution >= 0.6 is 0 Å². The summed E-state index contributed by atoms with van der Waals surface area (Å²) in [4.78, 5) is 20.2. The second-order valence-electron chi connectivity index (χ2n) is 7.85. The maximum Gasteiger partial charge on any atom is 0.270 e. The normalized spacial score (nSPS) is 15.2.